The van der Waals surface area contributed by atoms with Crippen molar-refractivity contribution in [1.29, 1.82) is 0 Å². The molecular formula is C10H16F3N3. The van der Waals surface area contributed by atoms with Crippen molar-refractivity contribution in [3.05, 3.63) is 0 Å². The van der Waals surface area contributed by atoms with Gasteiger partial charge in [-0.15, -0.1) is 0 Å². The molecule has 0 radical (unpaired) electrons. The van der Waals surface area contributed by atoms with E-state index in [1.54, 1.807) is 4.90 Å². The van der Waals surface area contributed by atoms with E-state index in [-0.39, 0.29) is 12.0 Å². The van der Waals surface area contributed by atoms with E-state index in [2.05, 4.69) is 16.7 Å². The maximum atomic E-state index is 12.6. The molecule has 1 fully saturated rings. The van der Waals surface area contributed by atoms with Crippen LogP contribution in [0.5, 0.6) is 0 Å². The fourth-order valence-corrected chi connectivity index (χ4v) is 1.32. The van der Waals surface area contributed by atoms with Gasteiger partial charge in [0.2, 0.25) is 5.96 Å². The highest BCUT2D eigenvalue weighted by atomic mass is 19.4. The van der Waals surface area contributed by atoms with Crippen LogP contribution in [-0.4, -0.2) is 41.9 Å². The lowest BCUT2D eigenvalue weighted by Crippen LogP contribution is -2.50. The number of nitrogens with zero attached hydrogens (tertiary/aromatic N) is 3. The SMILES string of the molecule is C=NC(=NC(C)(C)C(F)(F)F)N1CCC1C. The van der Waals surface area contributed by atoms with Gasteiger partial charge in [0, 0.05) is 12.6 Å². The summed E-state index contributed by atoms with van der Waals surface area (Å²) in [5.74, 6) is 0.0843. The van der Waals surface area contributed by atoms with E-state index in [0.717, 1.165) is 20.3 Å². The monoisotopic (exact) mass is 235 g/mol. The highest BCUT2D eigenvalue weighted by molar-refractivity contribution is 5.85. The number of alkyl halides is 3. The van der Waals surface area contributed by atoms with E-state index >= 15 is 0 Å². The summed E-state index contributed by atoms with van der Waals surface area (Å²) < 4.78 is 37.9. The Balaban J connectivity index is 2.91. The van der Waals surface area contributed by atoms with Crippen molar-refractivity contribution in [1.82, 2.24) is 4.90 Å². The van der Waals surface area contributed by atoms with Crippen molar-refractivity contribution in [2.45, 2.75) is 44.9 Å². The third kappa shape index (κ3) is 2.36. The molecule has 1 aliphatic heterocycles. The standard InChI is InChI=1S/C10H16F3N3/c1-7-5-6-16(7)8(14-4)15-9(2,3)10(11,12)13/h7H,4-6H2,1-3H3. The predicted molar refractivity (Wildman–Crippen MR) is 57.9 cm³/mol. The van der Waals surface area contributed by atoms with Gasteiger partial charge < -0.3 is 4.90 Å². The number of likely N-dealkylation sites (tertiary alicyclic amines) is 1. The average Bonchev–Trinajstić information content (AvgIpc) is 2.12. The van der Waals surface area contributed by atoms with E-state index in [0.29, 0.717) is 6.54 Å². The molecule has 1 atom stereocenters. The van der Waals surface area contributed by atoms with E-state index in [1.807, 2.05) is 6.92 Å². The summed E-state index contributed by atoms with van der Waals surface area (Å²) in [5, 5.41) is 0. The van der Waals surface area contributed by atoms with Crippen LogP contribution in [0.3, 0.4) is 0 Å². The first-order valence-corrected chi connectivity index (χ1v) is 5.09. The quantitative estimate of drug-likeness (QED) is 0.507. The predicted octanol–water partition coefficient (Wildman–Crippen LogP) is 2.48. The summed E-state index contributed by atoms with van der Waals surface area (Å²) in [6.45, 7) is 7.94. The molecule has 1 heterocycles. The summed E-state index contributed by atoms with van der Waals surface area (Å²) in [6.07, 6.45) is -3.43. The molecule has 92 valence electrons. The van der Waals surface area contributed by atoms with Crippen molar-refractivity contribution in [3.63, 3.8) is 0 Å². The molecule has 0 spiro atoms. The Morgan fingerprint density at radius 3 is 2.19 bits per heavy atom. The molecule has 0 aromatic heterocycles. The van der Waals surface area contributed by atoms with Gasteiger partial charge in [-0.05, 0) is 33.9 Å². The number of hydrogen-bond donors (Lipinski definition) is 0. The fraction of sp³-hybridized carbons (Fsp3) is 0.800. The summed E-state index contributed by atoms with van der Waals surface area (Å²) in [4.78, 5) is 8.97. The van der Waals surface area contributed by atoms with Crippen LogP contribution in [0, 0.1) is 0 Å². The lowest BCUT2D eigenvalue weighted by atomic mass is 10.1. The molecule has 0 aliphatic carbocycles. The lowest BCUT2D eigenvalue weighted by molar-refractivity contribution is -0.174. The normalized spacial score (nSPS) is 23.0. The number of hydrogen-bond acceptors (Lipinski definition) is 1. The van der Waals surface area contributed by atoms with Crippen LogP contribution in [0.15, 0.2) is 9.98 Å². The largest absolute Gasteiger partial charge is 0.413 e. The second-order valence-corrected chi connectivity index (χ2v) is 4.46. The molecule has 1 unspecified atom stereocenters. The van der Waals surface area contributed by atoms with E-state index < -0.39 is 11.7 Å². The first-order valence-electron chi connectivity index (χ1n) is 5.09. The van der Waals surface area contributed by atoms with Gasteiger partial charge in [-0.25, -0.2) is 9.98 Å². The third-order valence-corrected chi connectivity index (χ3v) is 2.79. The summed E-state index contributed by atoms with van der Waals surface area (Å²) in [5.41, 5.74) is -2.13. The lowest BCUT2D eigenvalue weighted by Gasteiger charge is -2.40. The maximum absolute atomic E-state index is 12.6. The Morgan fingerprint density at radius 1 is 1.38 bits per heavy atom. The molecule has 16 heavy (non-hydrogen) atoms. The van der Waals surface area contributed by atoms with Gasteiger partial charge in [0.1, 0.15) is 0 Å². The Kier molecular flexibility index (Phi) is 3.30. The molecule has 0 aromatic rings. The summed E-state index contributed by atoms with van der Waals surface area (Å²) in [6, 6.07) is 0.188. The second kappa shape index (κ2) is 4.07. The van der Waals surface area contributed by atoms with Crippen molar-refractivity contribution < 1.29 is 13.2 Å². The molecule has 1 rings (SSSR count). The van der Waals surface area contributed by atoms with Gasteiger partial charge in [-0.3, -0.25) is 0 Å². The van der Waals surface area contributed by atoms with Gasteiger partial charge in [-0.2, -0.15) is 13.2 Å². The zero-order valence-electron chi connectivity index (χ0n) is 9.67. The highest BCUT2D eigenvalue weighted by Gasteiger charge is 2.48. The van der Waals surface area contributed by atoms with E-state index in [9.17, 15) is 13.2 Å². The first-order chi connectivity index (χ1) is 7.19. The van der Waals surface area contributed by atoms with Crippen LogP contribution in [0.25, 0.3) is 0 Å². The molecule has 1 saturated heterocycles. The van der Waals surface area contributed by atoms with Crippen molar-refractivity contribution in [2.24, 2.45) is 9.98 Å². The Morgan fingerprint density at radius 2 is 1.94 bits per heavy atom. The highest BCUT2D eigenvalue weighted by Crippen LogP contribution is 2.34. The van der Waals surface area contributed by atoms with Crippen LogP contribution in [0.1, 0.15) is 27.2 Å². The third-order valence-electron chi connectivity index (χ3n) is 2.79. The van der Waals surface area contributed by atoms with Crippen LogP contribution in [0.4, 0.5) is 13.2 Å². The minimum atomic E-state index is -4.38. The Labute approximate surface area is 93.1 Å². The molecule has 0 bridgehead atoms. The zero-order chi connectivity index (χ0) is 12.6. The molecule has 0 aromatic carbocycles. The number of halogens is 3. The molecule has 0 saturated carbocycles. The van der Waals surface area contributed by atoms with Gasteiger partial charge in [0.15, 0.2) is 5.54 Å². The molecular weight excluding hydrogens is 219 g/mol. The number of rotatable bonds is 1. The van der Waals surface area contributed by atoms with Crippen LogP contribution >= 0.6 is 0 Å². The van der Waals surface area contributed by atoms with E-state index in [1.165, 1.54) is 0 Å². The Hall–Kier alpha value is -1.07. The summed E-state index contributed by atoms with van der Waals surface area (Å²) >= 11 is 0. The van der Waals surface area contributed by atoms with Crippen molar-refractivity contribution in [2.75, 3.05) is 6.54 Å². The van der Waals surface area contributed by atoms with Gasteiger partial charge in [-0.1, -0.05) is 0 Å². The molecule has 6 heteroatoms. The summed E-state index contributed by atoms with van der Waals surface area (Å²) in [7, 11) is 0. The number of guanidine groups is 1. The first kappa shape index (κ1) is 13.0. The number of aliphatic imine (C=N–C) groups is 2. The van der Waals surface area contributed by atoms with E-state index in [4.69, 9.17) is 0 Å². The van der Waals surface area contributed by atoms with Gasteiger partial charge >= 0.3 is 6.18 Å². The Bertz CT molecular complexity index is 307. The minimum Gasteiger partial charge on any atom is -0.338 e. The average molecular weight is 235 g/mol. The van der Waals surface area contributed by atoms with Gasteiger partial charge in [0.25, 0.3) is 0 Å². The minimum absolute atomic E-state index is 0.0843. The zero-order valence-corrected chi connectivity index (χ0v) is 9.67. The smallest absolute Gasteiger partial charge is 0.338 e. The fourth-order valence-electron chi connectivity index (χ4n) is 1.32. The van der Waals surface area contributed by atoms with Crippen LogP contribution in [0.2, 0.25) is 0 Å². The van der Waals surface area contributed by atoms with Gasteiger partial charge in [0.05, 0.1) is 0 Å². The topological polar surface area (TPSA) is 28.0 Å². The van der Waals surface area contributed by atoms with Crippen molar-refractivity contribution in [3.8, 4) is 0 Å². The molecule has 1 aliphatic rings. The van der Waals surface area contributed by atoms with Crippen LogP contribution in [-0.2, 0) is 0 Å². The second-order valence-electron chi connectivity index (χ2n) is 4.46. The van der Waals surface area contributed by atoms with Crippen LogP contribution < -0.4 is 0 Å². The maximum Gasteiger partial charge on any atom is 0.413 e. The molecule has 0 amide bonds. The molecule has 0 N–H and O–H groups in total. The van der Waals surface area contributed by atoms with Crippen molar-refractivity contribution >= 4 is 12.7 Å². The molecule has 3 nitrogen and oxygen atoms in total.